The molecule has 3 fully saturated rings. The molecule has 0 saturated carbocycles. The number of ether oxygens (including phenoxy) is 2. The van der Waals surface area contributed by atoms with E-state index in [0.717, 1.165) is 32.4 Å². The highest BCUT2D eigenvalue weighted by Gasteiger charge is 2.54. The van der Waals surface area contributed by atoms with Crippen molar-refractivity contribution >= 4 is 18.1 Å². The molecule has 3 heterocycles. The van der Waals surface area contributed by atoms with Crippen LogP contribution in [-0.4, -0.2) is 155 Å². The van der Waals surface area contributed by atoms with Gasteiger partial charge in [0.15, 0.2) is 37.4 Å². The molecule has 0 spiro atoms. The van der Waals surface area contributed by atoms with E-state index < -0.39 is 81.3 Å². The van der Waals surface area contributed by atoms with Crippen molar-refractivity contribution in [3.05, 3.63) is 0 Å². The minimum atomic E-state index is -1.90. The maximum Gasteiger partial charge on any atom is 0.327 e. The minimum absolute atomic E-state index is 0.311. The largest absolute Gasteiger partial charge is 0.369 e. The van der Waals surface area contributed by atoms with E-state index in [-0.39, 0.29) is 0 Å². The maximum atomic E-state index is 13.2. The summed E-state index contributed by atoms with van der Waals surface area (Å²) in [6.45, 7) is 6.10. The normalized spacial score (nSPS) is 30.9. The van der Waals surface area contributed by atoms with E-state index in [2.05, 4.69) is 0 Å². The molecule has 3 aliphatic heterocycles. The quantitative estimate of drug-likeness (QED) is 0.129. The second-order valence-electron chi connectivity index (χ2n) is 9.95. The molecule has 0 aromatic rings. The summed E-state index contributed by atoms with van der Waals surface area (Å²) >= 11 is 0. The number of carbonyl (C=O) groups is 3. The highest BCUT2D eigenvalue weighted by Crippen LogP contribution is 2.29. The van der Waals surface area contributed by atoms with Crippen molar-refractivity contribution in [2.45, 2.75) is 103 Å². The molecule has 6 amide bonds. The third-order valence-electron chi connectivity index (χ3n) is 7.18. The van der Waals surface area contributed by atoms with E-state index in [1.807, 2.05) is 13.8 Å². The molecule has 0 radical (unpaired) electrons. The summed E-state index contributed by atoms with van der Waals surface area (Å²) in [5, 5.41) is 63.1. The van der Waals surface area contributed by atoms with Gasteiger partial charge in [0.1, 0.15) is 25.8 Å². The number of aliphatic hydroxyl groups is 6. The first kappa shape index (κ1) is 32.0. The second kappa shape index (κ2) is 13.4. The molecule has 17 nitrogen and oxygen atoms in total. The summed E-state index contributed by atoms with van der Waals surface area (Å²) in [6, 6.07) is -2.80. The van der Waals surface area contributed by atoms with Crippen LogP contribution in [-0.2, 0) is 9.47 Å². The van der Waals surface area contributed by atoms with Crippen LogP contribution in [0.25, 0.3) is 0 Å². The molecular formula is C23H42N6O11. The van der Waals surface area contributed by atoms with Crippen molar-refractivity contribution in [2.75, 3.05) is 26.6 Å². The Labute approximate surface area is 232 Å². The van der Waals surface area contributed by atoms with Crippen molar-refractivity contribution in [3.63, 3.8) is 0 Å². The Bertz CT molecular complexity index is 833. The first-order valence-electron chi connectivity index (χ1n) is 13.5. The Kier molecular flexibility index (Phi) is 10.8. The second-order valence-corrected chi connectivity index (χ2v) is 9.95. The number of amides is 6. The van der Waals surface area contributed by atoms with Gasteiger partial charge in [-0.1, -0.05) is 26.7 Å². The molecule has 0 bridgehead atoms. The number of rotatable bonds is 14. The van der Waals surface area contributed by atoms with E-state index in [4.69, 9.17) is 9.47 Å². The molecule has 6 N–H and O–H groups in total. The summed E-state index contributed by atoms with van der Waals surface area (Å²) in [5.74, 6) is 0. The molecule has 8 atom stereocenters. The number of nitrogens with zero attached hydrogens (tertiary/aromatic N) is 6. The van der Waals surface area contributed by atoms with Gasteiger partial charge in [0, 0.05) is 13.2 Å². The van der Waals surface area contributed by atoms with Crippen LogP contribution in [0.15, 0.2) is 0 Å². The number of carbonyl (C=O) groups excluding carboxylic acids is 3. The molecule has 0 aliphatic carbocycles. The predicted molar refractivity (Wildman–Crippen MR) is 134 cm³/mol. The molecule has 8 unspecified atom stereocenters. The highest BCUT2D eigenvalue weighted by atomic mass is 16.5. The van der Waals surface area contributed by atoms with Crippen LogP contribution in [0.2, 0.25) is 0 Å². The van der Waals surface area contributed by atoms with Gasteiger partial charge in [0.25, 0.3) is 0 Å². The van der Waals surface area contributed by atoms with E-state index in [0.29, 0.717) is 35.9 Å². The monoisotopic (exact) mass is 578 g/mol. The molecular weight excluding hydrogens is 536 g/mol. The van der Waals surface area contributed by atoms with Gasteiger partial charge < -0.3 is 40.1 Å². The first-order valence-corrected chi connectivity index (χ1v) is 13.5. The SMILES string of the molecule is CCCCOC(C)N1C(=O)N(CN2C(=O)N(CN3C(=O)N(C(C)OCCCC)C(O)C3O)C(O)C2O)C(O)C1O. The minimum Gasteiger partial charge on any atom is -0.369 e. The van der Waals surface area contributed by atoms with Crippen LogP contribution >= 0.6 is 0 Å². The van der Waals surface area contributed by atoms with Gasteiger partial charge in [-0.3, -0.25) is 29.4 Å². The van der Waals surface area contributed by atoms with Crippen LogP contribution in [0.3, 0.4) is 0 Å². The lowest BCUT2D eigenvalue weighted by molar-refractivity contribution is -0.130. The smallest absolute Gasteiger partial charge is 0.327 e. The fraction of sp³-hybridized carbons (Fsp3) is 0.870. The third kappa shape index (κ3) is 6.06. The lowest BCUT2D eigenvalue weighted by atomic mass is 10.3. The van der Waals surface area contributed by atoms with Gasteiger partial charge in [0.05, 0.1) is 0 Å². The van der Waals surface area contributed by atoms with E-state index in [1.165, 1.54) is 13.8 Å². The Hall–Kier alpha value is -2.51. The van der Waals surface area contributed by atoms with Gasteiger partial charge in [0.2, 0.25) is 0 Å². The van der Waals surface area contributed by atoms with E-state index in [1.54, 1.807) is 0 Å². The molecule has 3 saturated heterocycles. The van der Waals surface area contributed by atoms with Crippen molar-refractivity contribution in [2.24, 2.45) is 0 Å². The van der Waals surface area contributed by atoms with Crippen LogP contribution in [0.5, 0.6) is 0 Å². The maximum absolute atomic E-state index is 13.2. The van der Waals surface area contributed by atoms with Crippen LogP contribution < -0.4 is 0 Å². The molecule has 40 heavy (non-hydrogen) atoms. The molecule has 3 aliphatic rings. The van der Waals surface area contributed by atoms with Crippen molar-refractivity contribution in [1.29, 1.82) is 0 Å². The molecule has 0 aromatic heterocycles. The lowest BCUT2D eigenvalue weighted by Crippen LogP contribution is -2.50. The van der Waals surface area contributed by atoms with Gasteiger partial charge in [-0.15, -0.1) is 0 Å². The van der Waals surface area contributed by atoms with E-state index in [9.17, 15) is 45.0 Å². The summed E-state index contributed by atoms with van der Waals surface area (Å²) in [5.41, 5.74) is 0. The fourth-order valence-electron chi connectivity index (χ4n) is 4.67. The zero-order valence-electron chi connectivity index (χ0n) is 23.2. The van der Waals surface area contributed by atoms with Crippen LogP contribution in [0.4, 0.5) is 14.4 Å². The van der Waals surface area contributed by atoms with Gasteiger partial charge >= 0.3 is 18.1 Å². The molecule has 3 rings (SSSR count). The summed E-state index contributed by atoms with van der Waals surface area (Å²) in [6.07, 6.45) is -9.43. The lowest BCUT2D eigenvalue weighted by Gasteiger charge is -2.29. The standard InChI is InChI=1S/C23H42N6O11/c1-5-7-9-39-13(3)28-19(34)17(32)26(22(28)37)11-24-15(30)16(31)25(21(24)36)12-27-18(33)20(35)29(23(27)38)14(4)40-10-8-6-2/h13-20,30-35H,5-12H2,1-4H3. The third-order valence-corrected chi connectivity index (χ3v) is 7.18. The van der Waals surface area contributed by atoms with Gasteiger partial charge in [-0.2, -0.15) is 0 Å². The Morgan fingerprint density at radius 2 is 0.875 bits per heavy atom. The zero-order valence-corrected chi connectivity index (χ0v) is 23.2. The van der Waals surface area contributed by atoms with Crippen LogP contribution in [0, 0.1) is 0 Å². The van der Waals surface area contributed by atoms with Crippen molar-refractivity contribution in [1.82, 2.24) is 29.4 Å². The number of aliphatic hydroxyl groups excluding tert-OH is 6. The van der Waals surface area contributed by atoms with Gasteiger partial charge in [-0.25, -0.2) is 14.4 Å². The van der Waals surface area contributed by atoms with Crippen molar-refractivity contribution in [3.8, 4) is 0 Å². The van der Waals surface area contributed by atoms with E-state index >= 15 is 0 Å². The first-order chi connectivity index (χ1) is 18.9. The Morgan fingerprint density at radius 3 is 1.20 bits per heavy atom. The van der Waals surface area contributed by atoms with Crippen molar-refractivity contribution < 1.29 is 54.5 Å². The predicted octanol–water partition coefficient (Wildman–Crippen LogP) is -1.65. The zero-order chi connectivity index (χ0) is 29.9. The number of hydrogen-bond donors (Lipinski definition) is 6. The average molecular weight is 579 g/mol. The number of unbranched alkanes of at least 4 members (excludes halogenated alkanes) is 2. The average Bonchev–Trinajstić information content (AvgIpc) is 3.35. The number of urea groups is 3. The van der Waals surface area contributed by atoms with Crippen LogP contribution in [0.1, 0.15) is 53.4 Å². The topological polar surface area (TPSA) is 210 Å². The fourth-order valence-corrected chi connectivity index (χ4v) is 4.67. The summed E-state index contributed by atoms with van der Waals surface area (Å²) in [4.78, 5) is 43.7. The summed E-state index contributed by atoms with van der Waals surface area (Å²) in [7, 11) is 0. The molecule has 230 valence electrons. The molecule has 17 heteroatoms. The van der Waals surface area contributed by atoms with Gasteiger partial charge in [-0.05, 0) is 26.7 Å². The summed E-state index contributed by atoms with van der Waals surface area (Å²) < 4.78 is 11.1. The Morgan fingerprint density at radius 1 is 0.575 bits per heavy atom. The number of hydrogen-bond acceptors (Lipinski definition) is 11. The highest BCUT2D eigenvalue weighted by molar-refractivity contribution is 5.81. The Balaban J connectivity index is 1.68. The molecule has 0 aromatic carbocycles.